The molecule has 1 aliphatic heterocycles. The van der Waals surface area contributed by atoms with Crippen molar-refractivity contribution in [3.05, 3.63) is 69.7 Å². The third-order valence-electron chi connectivity index (χ3n) is 7.12. The number of benzene rings is 2. The van der Waals surface area contributed by atoms with E-state index in [1.54, 1.807) is 12.1 Å². The molecule has 2 unspecified atom stereocenters. The number of amides is 1. The van der Waals surface area contributed by atoms with E-state index in [0.717, 1.165) is 28.4 Å². The topological polar surface area (TPSA) is 59.0 Å². The van der Waals surface area contributed by atoms with E-state index in [1.165, 1.54) is 7.11 Å². The van der Waals surface area contributed by atoms with E-state index in [9.17, 15) is 9.59 Å². The maximum Gasteiger partial charge on any atom is 0.337 e. The van der Waals surface area contributed by atoms with Crippen molar-refractivity contribution in [2.75, 3.05) is 7.11 Å². The second-order valence-electron chi connectivity index (χ2n) is 10.5. The molecule has 6 heteroatoms. The Hall–Kier alpha value is -2.47. The molecule has 3 rings (SSSR count). The molecule has 0 bridgehead atoms. The molecule has 0 fully saturated rings. The fourth-order valence-electron chi connectivity index (χ4n) is 4.36. The highest BCUT2D eigenvalue weighted by Gasteiger charge is 2.46. The van der Waals surface area contributed by atoms with Crippen LogP contribution in [0.4, 0.5) is 0 Å². The summed E-state index contributed by atoms with van der Waals surface area (Å²) in [5, 5.41) is 0. The molecular formula is C28H35BrN2O3. The van der Waals surface area contributed by atoms with Crippen molar-refractivity contribution in [1.82, 2.24) is 4.90 Å². The Kier molecular flexibility index (Phi) is 7.71. The predicted octanol–water partition coefficient (Wildman–Crippen LogP) is 6.81. The molecule has 2 aromatic rings. The summed E-state index contributed by atoms with van der Waals surface area (Å²) in [4.78, 5) is 32.6. The maximum atomic E-state index is 13.8. The zero-order chi connectivity index (χ0) is 25.3. The minimum atomic E-state index is -0.672. The molecule has 1 heterocycles. The highest BCUT2D eigenvalue weighted by molar-refractivity contribution is 9.10. The van der Waals surface area contributed by atoms with Crippen LogP contribution >= 0.6 is 15.9 Å². The number of hydrogen-bond donors (Lipinski definition) is 0. The van der Waals surface area contributed by atoms with Crippen LogP contribution in [0.15, 0.2) is 58.0 Å². The third-order valence-corrected chi connectivity index (χ3v) is 7.62. The average Bonchev–Trinajstić information content (AvgIpc) is 3.06. The highest BCUT2D eigenvalue weighted by atomic mass is 79.9. The quantitative estimate of drug-likeness (QED) is 0.372. The first kappa shape index (κ1) is 26.1. The lowest BCUT2D eigenvalue weighted by atomic mass is 9.78. The van der Waals surface area contributed by atoms with Gasteiger partial charge in [0, 0.05) is 10.0 Å². The van der Waals surface area contributed by atoms with Gasteiger partial charge < -0.3 is 9.64 Å². The van der Waals surface area contributed by atoms with Crippen molar-refractivity contribution in [3.63, 3.8) is 0 Å². The molecule has 2 aromatic carbocycles. The number of carbonyl (C=O) groups excluding carboxylic acids is 2. The number of nitrogens with zero attached hydrogens (tertiary/aromatic N) is 2. The van der Waals surface area contributed by atoms with Gasteiger partial charge in [0.1, 0.15) is 11.4 Å². The van der Waals surface area contributed by atoms with Crippen molar-refractivity contribution < 1.29 is 14.3 Å². The molecule has 34 heavy (non-hydrogen) atoms. The zero-order valence-electron chi connectivity index (χ0n) is 21.2. The lowest BCUT2D eigenvalue weighted by molar-refractivity contribution is -0.130. The lowest BCUT2D eigenvalue weighted by Gasteiger charge is -2.39. The monoisotopic (exact) mass is 526 g/mol. The van der Waals surface area contributed by atoms with E-state index in [4.69, 9.17) is 9.73 Å². The molecule has 0 aliphatic carbocycles. The van der Waals surface area contributed by atoms with E-state index in [0.29, 0.717) is 17.2 Å². The van der Waals surface area contributed by atoms with Gasteiger partial charge in [0.05, 0.1) is 18.7 Å². The number of carbonyl (C=O) groups is 2. The molecule has 1 aliphatic rings. The fourth-order valence-corrected chi connectivity index (χ4v) is 4.76. The zero-order valence-corrected chi connectivity index (χ0v) is 22.8. The summed E-state index contributed by atoms with van der Waals surface area (Å²) >= 11 is 3.52. The van der Waals surface area contributed by atoms with Crippen LogP contribution in [-0.2, 0) is 9.53 Å². The van der Waals surface area contributed by atoms with Crippen molar-refractivity contribution in [3.8, 4) is 0 Å². The molecule has 5 nitrogen and oxygen atoms in total. The Morgan fingerprint density at radius 3 is 2.35 bits per heavy atom. The van der Waals surface area contributed by atoms with Crippen LogP contribution in [-0.4, -0.2) is 35.3 Å². The van der Waals surface area contributed by atoms with Crippen LogP contribution < -0.4 is 0 Å². The standard InChI is InChI=1S/C28H35BrN2O3/c1-18(27(3,4)5)15-16-28(6)30-24(22-9-8-10-23(29)17-22)25(32)31(28)19(2)20-11-13-21(14-12-20)26(33)34-7/h8-14,17-19H,15-16H2,1-7H3/t18?,19-,28?/m1/s1. The summed E-state index contributed by atoms with van der Waals surface area (Å²) in [5.41, 5.74) is 2.24. The third kappa shape index (κ3) is 5.43. The number of hydrogen-bond acceptors (Lipinski definition) is 4. The number of halogens is 1. The van der Waals surface area contributed by atoms with E-state index in [1.807, 2.05) is 48.2 Å². The number of rotatable bonds is 7. The Bertz CT molecular complexity index is 1090. The summed E-state index contributed by atoms with van der Waals surface area (Å²) in [6.07, 6.45) is 1.71. The van der Waals surface area contributed by atoms with E-state index in [-0.39, 0.29) is 23.3 Å². The van der Waals surface area contributed by atoms with Gasteiger partial charge in [-0.15, -0.1) is 0 Å². The van der Waals surface area contributed by atoms with Crippen LogP contribution in [0.1, 0.15) is 81.9 Å². The van der Waals surface area contributed by atoms with Gasteiger partial charge in [-0.3, -0.25) is 9.79 Å². The van der Waals surface area contributed by atoms with E-state index >= 15 is 0 Å². The smallest absolute Gasteiger partial charge is 0.337 e. The Morgan fingerprint density at radius 1 is 1.15 bits per heavy atom. The molecule has 1 amide bonds. The molecule has 182 valence electrons. The van der Waals surface area contributed by atoms with Crippen LogP contribution in [0.5, 0.6) is 0 Å². The Labute approximate surface area is 211 Å². The summed E-state index contributed by atoms with van der Waals surface area (Å²) in [7, 11) is 1.37. The van der Waals surface area contributed by atoms with Gasteiger partial charge in [0.15, 0.2) is 0 Å². The molecule has 0 N–H and O–H groups in total. The molecule has 0 aromatic heterocycles. The molecule has 0 radical (unpaired) electrons. The number of methoxy groups -OCH3 is 1. The largest absolute Gasteiger partial charge is 0.465 e. The molecule has 0 saturated heterocycles. The molecular weight excluding hydrogens is 492 g/mol. The van der Waals surface area contributed by atoms with Crippen LogP contribution in [0.3, 0.4) is 0 Å². The second kappa shape index (κ2) is 10.0. The average molecular weight is 528 g/mol. The maximum absolute atomic E-state index is 13.8. The SMILES string of the molecule is COC(=O)c1ccc([C@@H](C)N2C(=O)C(c3cccc(Br)c3)=NC2(C)CCC(C)C(C)(C)C)cc1. The molecule has 0 saturated carbocycles. The number of aliphatic imine (C=N–C) groups is 1. The van der Waals surface area contributed by atoms with Gasteiger partial charge in [0.25, 0.3) is 5.91 Å². The van der Waals surface area contributed by atoms with Gasteiger partial charge in [-0.05, 0) is 67.9 Å². The minimum Gasteiger partial charge on any atom is -0.465 e. The summed E-state index contributed by atoms with van der Waals surface area (Å²) in [6, 6.07) is 14.8. The number of ether oxygens (including phenoxy) is 1. The van der Waals surface area contributed by atoms with Crippen LogP contribution in [0, 0.1) is 11.3 Å². The van der Waals surface area contributed by atoms with Crippen molar-refractivity contribution in [2.24, 2.45) is 16.3 Å². The van der Waals surface area contributed by atoms with Crippen molar-refractivity contribution >= 4 is 33.5 Å². The Balaban J connectivity index is 1.98. The Morgan fingerprint density at radius 2 is 1.79 bits per heavy atom. The van der Waals surface area contributed by atoms with E-state index in [2.05, 4.69) is 50.5 Å². The fraction of sp³-hybridized carbons (Fsp3) is 0.464. The van der Waals surface area contributed by atoms with Gasteiger partial charge >= 0.3 is 5.97 Å². The summed E-state index contributed by atoms with van der Waals surface area (Å²) < 4.78 is 5.73. The predicted molar refractivity (Wildman–Crippen MR) is 140 cm³/mol. The first-order valence-corrected chi connectivity index (χ1v) is 12.5. The second-order valence-corrected chi connectivity index (χ2v) is 11.4. The van der Waals surface area contributed by atoms with E-state index < -0.39 is 5.66 Å². The minimum absolute atomic E-state index is 0.0754. The van der Waals surface area contributed by atoms with Crippen LogP contribution in [0.2, 0.25) is 0 Å². The number of esters is 1. The first-order valence-electron chi connectivity index (χ1n) is 11.7. The van der Waals surface area contributed by atoms with Crippen LogP contribution in [0.25, 0.3) is 0 Å². The van der Waals surface area contributed by atoms with Crippen molar-refractivity contribution in [2.45, 2.75) is 66.1 Å². The van der Waals surface area contributed by atoms with Gasteiger partial charge in [-0.25, -0.2) is 4.79 Å². The summed E-state index contributed by atoms with van der Waals surface area (Å²) in [5.74, 6) is 0.0207. The molecule has 0 spiro atoms. The first-order chi connectivity index (χ1) is 15.9. The highest BCUT2D eigenvalue weighted by Crippen LogP contribution is 2.40. The molecule has 3 atom stereocenters. The van der Waals surface area contributed by atoms with Gasteiger partial charge in [0.2, 0.25) is 0 Å². The van der Waals surface area contributed by atoms with Gasteiger partial charge in [-0.1, -0.05) is 67.9 Å². The van der Waals surface area contributed by atoms with Crippen molar-refractivity contribution in [1.29, 1.82) is 0 Å². The lowest BCUT2D eigenvalue weighted by Crippen LogP contribution is -2.46. The normalized spacial score (nSPS) is 20.2. The van der Waals surface area contributed by atoms with Gasteiger partial charge in [-0.2, -0.15) is 0 Å². The summed E-state index contributed by atoms with van der Waals surface area (Å²) in [6.45, 7) is 13.1.